The van der Waals surface area contributed by atoms with Crippen molar-refractivity contribution in [1.29, 1.82) is 0 Å². The van der Waals surface area contributed by atoms with Crippen LogP contribution >= 0.6 is 23.2 Å². The van der Waals surface area contributed by atoms with E-state index in [-0.39, 0.29) is 15.9 Å². The second kappa shape index (κ2) is 5.17. The number of nitrogens with zero attached hydrogens (tertiary/aromatic N) is 1. The van der Waals surface area contributed by atoms with Crippen LogP contribution in [-0.4, -0.2) is 11.0 Å². The number of ether oxygens (including phenoxy) is 1. The molecule has 0 bridgehead atoms. The van der Waals surface area contributed by atoms with Crippen LogP contribution in [0.3, 0.4) is 0 Å². The minimum atomic E-state index is -0.635. The van der Waals surface area contributed by atoms with Crippen molar-refractivity contribution in [3.05, 3.63) is 58.3 Å². The van der Waals surface area contributed by atoms with Gasteiger partial charge in [-0.3, -0.25) is 0 Å². The summed E-state index contributed by atoms with van der Waals surface area (Å²) in [6, 6.07) is 11.7. The molecule has 3 nitrogen and oxygen atoms in total. The Morgan fingerprint density at radius 3 is 2.47 bits per heavy atom. The van der Waals surface area contributed by atoms with E-state index in [1.807, 2.05) is 6.07 Å². The molecule has 2 aromatic rings. The first-order valence-corrected chi connectivity index (χ1v) is 5.51. The van der Waals surface area contributed by atoms with Crippen molar-refractivity contribution in [2.45, 2.75) is 0 Å². The number of hydrogen-bond acceptors (Lipinski definition) is 3. The zero-order valence-corrected chi connectivity index (χ0v) is 10.1. The van der Waals surface area contributed by atoms with Crippen LogP contribution in [0.2, 0.25) is 10.2 Å². The van der Waals surface area contributed by atoms with Crippen LogP contribution in [0.25, 0.3) is 0 Å². The molecule has 5 heteroatoms. The van der Waals surface area contributed by atoms with Gasteiger partial charge in [-0.2, -0.15) is 0 Å². The van der Waals surface area contributed by atoms with Crippen LogP contribution < -0.4 is 4.74 Å². The molecule has 1 aromatic heterocycles. The Labute approximate surface area is 108 Å². The summed E-state index contributed by atoms with van der Waals surface area (Å²) < 4.78 is 5.09. The monoisotopic (exact) mass is 267 g/mol. The summed E-state index contributed by atoms with van der Waals surface area (Å²) in [6.07, 6.45) is 0. The third kappa shape index (κ3) is 2.96. The molecule has 0 spiro atoms. The van der Waals surface area contributed by atoms with Gasteiger partial charge in [0.05, 0.1) is 5.02 Å². The van der Waals surface area contributed by atoms with Gasteiger partial charge in [-0.25, -0.2) is 9.78 Å². The highest BCUT2D eigenvalue weighted by Crippen LogP contribution is 2.19. The van der Waals surface area contributed by atoms with E-state index in [0.29, 0.717) is 5.75 Å². The van der Waals surface area contributed by atoms with Gasteiger partial charge >= 0.3 is 5.97 Å². The topological polar surface area (TPSA) is 39.2 Å². The van der Waals surface area contributed by atoms with Crippen molar-refractivity contribution < 1.29 is 9.53 Å². The number of carbonyl (C=O) groups excluding carboxylic acids is 1. The maximum atomic E-state index is 11.8. The van der Waals surface area contributed by atoms with E-state index in [1.54, 1.807) is 24.3 Å². The van der Waals surface area contributed by atoms with Gasteiger partial charge in [-0.05, 0) is 24.3 Å². The number of esters is 1. The Kier molecular flexibility index (Phi) is 3.61. The lowest BCUT2D eigenvalue weighted by Gasteiger charge is -2.04. The first-order chi connectivity index (χ1) is 8.16. The van der Waals surface area contributed by atoms with E-state index in [1.165, 1.54) is 12.1 Å². The SMILES string of the molecule is O=C(Oc1ccccc1)c1nc(Cl)ccc1Cl. The van der Waals surface area contributed by atoms with Gasteiger partial charge in [0, 0.05) is 0 Å². The highest BCUT2D eigenvalue weighted by Gasteiger charge is 2.15. The Balaban J connectivity index is 2.23. The van der Waals surface area contributed by atoms with Crippen LogP contribution in [0.4, 0.5) is 0 Å². The van der Waals surface area contributed by atoms with Crippen molar-refractivity contribution in [3.8, 4) is 5.75 Å². The number of para-hydroxylation sites is 1. The zero-order valence-electron chi connectivity index (χ0n) is 8.56. The number of hydrogen-bond donors (Lipinski definition) is 0. The maximum absolute atomic E-state index is 11.8. The number of carbonyl (C=O) groups is 1. The van der Waals surface area contributed by atoms with E-state index in [0.717, 1.165) is 0 Å². The van der Waals surface area contributed by atoms with Gasteiger partial charge in [0.15, 0.2) is 5.69 Å². The van der Waals surface area contributed by atoms with E-state index >= 15 is 0 Å². The molecule has 0 saturated heterocycles. The number of pyridine rings is 1. The van der Waals surface area contributed by atoms with Crippen molar-refractivity contribution in [2.24, 2.45) is 0 Å². The molecule has 86 valence electrons. The van der Waals surface area contributed by atoms with Crippen molar-refractivity contribution in [3.63, 3.8) is 0 Å². The first kappa shape index (κ1) is 11.9. The number of rotatable bonds is 2. The molecule has 0 aliphatic heterocycles. The van der Waals surface area contributed by atoms with Gasteiger partial charge < -0.3 is 4.74 Å². The third-order valence-electron chi connectivity index (χ3n) is 1.96. The largest absolute Gasteiger partial charge is 0.422 e. The Hall–Kier alpha value is -1.58. The summed E-state index contributed by atoms with van der Waals surface area (Å²) in [5.41, 5.74) is 0.00280. The number of aromatic nitrogens is 1. The maximum Gasteiger partial charge on any atom is 0.363 e. The average Bonchev–Trinajstić information content (AvgIpc) is 2.33. The Morgan fingerprint density at radius 2 is 1.76 bits per heavy atom. The molecule has 0 N–H and O–H groups in total. The van der Waals surface area contributed by atoms with Crippen LogP contribution in [0, 0.1) is 0 Å². The lowest BCUT2D eigenvalue weighted by molar-refractivity contribution is 0.0729. The summed E-state index contributed by atoms with van der Waals surface area (Å²) in [6.45, 7) is 0. The zero-order chi connectivity index (χ0) is 12.3. The van der Waals surface area contributed by atoms with Gasteiger partial charge in [0.1, 0.15) is 10.9 Å². The Bertz CT molecular complexity index is 543. The molecule has 0 radical (unpaired) electrons. The quantitative estimate of drug-likeness (QED) is 0.474. The lowest BCUT2D eigenvalue weighted by atomic mass is 10.3. The first-order valence-electron chi connectivity index (χ1n) is 4.76. The normalized spacial score (nSPS) is 10.0. The number of benzene rings is 1. The fraction of sp³-hybridized carbons (Fsp3) is 0. The molecule has 0 aliphatic carbocycles. The summed E-state index contributed by atoms with van der Waals surface area (Å²) >= 11 is 11.5. The van der Waals surface area contributed by atoms with Gasteiger partial charge in [0.2, 0.25) is 0 Å². The highest BCUT2D eigenvalue weighted by molar-refractivity contribution is 6.34. The molecule has 2 rings (SSSR count). The second-order valence-electron chi connectivity index (χ2n) is 3.17. The summed E-state index contributed by atoms with van der Waals surface area (Å²) in [5.74, 6) is -0.209. The molecule has 0 saturated carbocycles. The highest BCUT2D eigenvalue weighted by atomic mass is 35.5. The average molecular weight is 268 g/mol. The molecular weight excluding hydrogens is 261 g/mol. The van der Waals surface area contributed by atoms with Crippen LogP contribution in [0.1, 0.15) is 10.5 Å². The van der Waals surface area contributed by atoms with Crippen LogP contribution in [0.15, 0.2) is 42.5 Å². The van der Waals surface area contributed by atoms with Crippen LogP contribution in [0.5, 0.6) is 5.75 Å². The predicted octanol–water partition coefficient (Wildman–Crippen LogP) is 3.61. The minimum Gasteiger partial charge on any atom is -0.422 e. The van der Waals surface area contributed by atoms with Crippen molar-refractivity contribution in [2.75, 3.05) is 0 Å². The fourth-order valence-corrected chi connectivity index (χ4v) is 1.54. The number of halogens is 2. The molecule has 0 aliphatic rings. The van der Waals surface area contributed by atoms with Crippen molar-refractivity contribution >= 4 is 29.2 Å². The molecule has 17 heavy (non-hydrogen) atoms. The molecule has 0 fully saturated rings. The molecule has 0 atom stereocenters. The molecule has 0 amide bonds. The van der Waals surface area contributed by atoms with Crippen molar-refractivity contribution in [1.82, 2.24) is 4.98 Å². The second-order valence-corrected chi connectivity index (χ2v) is 3.96. The molecular formula is C12H7Cl2NO2. The standard InChI is InChI=1S/C12H7Cl2NO2/c13-9-6-7-10(14)15-11(9)12(16)17-8-4-2-1-3-5-8/h1-7H. The predicted molar refractivity (Wildman–Crippen MR) is 65.7 cm³/mol. The summed E-state index contributed by atoms with van der Waals surface area (Å²) in [4.78, 5) is 15.6. The Morgan fingerprint density at radius 1 is 1.06 bits per heavy atom. The summed E-state index contributed by atoms with van der Waals surface area (Å²) in [7, 11) is 0. The van der Waals surface area contributed by atoms with Gasteiger partial charge in [0.25, 0.3) is 0 Å². The van der Waals surface area contributed by atoms with Gasteiger partial charge in [-0.1, -0.05) is 41.4 Å². The molecule has 0 unspecified atom stereocenters. The van der Waals surface area contributed by atoms with Gasteiger partial charge in [-0.15, -0.1) is 0 Å². The lowest BCUT2D eigenvalue weighted by Crippen LogP contribution is -2.11. The molecule has 1 aromatic carbocycles. The molecule has 1 heterocycles. The summed E-state index contributed by atoms with van der Waals surface area (Å²) in [5, 5.41) is 0.393. The van der Waals surface area contributed by atoms with E-state index in [2.05, 4.69) is 4.98 Å². The van der Waals surface area contributed by atoms with E-state index in [4.69, 9.17) is 27.9 Å². The smallest absolute Gasteiger partial charge is 0.363 e. The fourth-order valence-electron chi connectivity index (χ4n) is 1.21. The third-order valence-corrected chi connectivity index (χ3v) is 2.47. The van der Waals surface area contributed by atoms with E-state index in [9.17, 15) is 4.79 Å². The minimum absolute atomic E-state index is 0.00280. The van der Waals surface area contributed by atoms with E-state index < -0.39 is 5.97 Å². The van der Waals surface area contributed by atoms with Crippen LogP contribution in [-0.2, 0) is 0 Å².